The summed E-state index contributed by atoms with van der Waals surface area (Å²) in [5.41, 5.74) is 10.7. The summed E-state index contributed by atoms with van der Waals surface area (Å²) in [5, 5.41) is 0. The van der Waals surface area contributed by atoms with Crippen molar-refractivity contribution in [1.82, 2.24) is 0 Å². The second-order valence-electron chi connectivity index (χ2n) is 5.08. The van der Waals surface area contributed by atoms with Crippen LogP contribution in [0.2, 0.25) is 0 Å². The van der Waals surface area contributed by atoms with Gasteiger partial charge < -0.3 is 10.6 Å². The van der Waals surface area contributed by atoms with E-state index in [0.717, 1.165) is 16.6 Å². The van der Waals surface area contributed by atoms with Crippen LogP contribution in [0.5, 0.6) is 0 Å². The van der Waals surface area contributed by atoms with E-state index in [0.29, 0.717) is 0 Å². The van der Waals surface area contributed by atoms with Crippen molar-refractivity contribution in [3.8, 4) is 0 Å². The fourth-order valence-corrected chi connectivity index (χ4v) is 2.92. The first-order chi connectivity index (χ1) is 9.52. The number of nitrogens with zero attached hydrogens (tertiary/aromatic N) is 1. The minimum atomic E-state index is 0.0504. The van der Waals surface area contributed by atoms with Gasteiger partial charge in [0.15, 0.2) is 0 Å². The maximum Gasteiger partial charge on any atom is 0.0555 e. The topological polar surface area (TPSA) is 29.3 Å². The van der Waals surface area contributed by atoms with Crippen LogP contribution in [0.3, 0.4) is 0 Å². The van der Waals surface area contributed by atoms with Crippen LogP contribution in [0, 0.1) is 6.92 Å². The van der Waals surface area contributed by atoms with Crippen LogP contribution in [-0.4, -0.2) is 6.54 Å². The number of rotatable bonds is 4. The fraction of sp³-hybridized carbons (Fsp3) is 0.294. The molecular formula is C17H21BrN2. The van der Waals surface area contributed by atoms with Gasteiger partial charge in [0.25, 0.3) is 0 Å². The van der Waals surface area contributed by atoms with Gasteiger partial charge in [-0.25, -0.2) is 0 Å². The van der Waals surface area contributed by atoms with Crippen LogP contribution < -0.4 is 10.6 Å². The van der Waals surface area contributed by atoms with Gasteiger partial charge in [-0.15, -0.1) is 0 Å². The number of hydrogen-bond donors (Lipinski definition) is 1. The number of nitrogens with two attached hydrogens (primary N) is 1. The van der Waals surface area contributed by atoms with Crippen molar-refractivity contribution in [1.29, 1.82) is 0 Å². The Bertz CT molecular complexity index is 593. The Labute approximate surface area is 129 Å². The predicted molar refractivity (Wildman–Crippen MR) is 90.6 cm³/mol. The van der Waals surface area contributed by atoms with Gasteiger partial charge in [-0.1, -0.05) is 18.2 Å². The Kier molecular flexibility index (Phi) is 4.84. The molecular weight excluding hydrogens is 312 g/mol. The van der Waals surface area contributed by atoms with E-state index in [2.05, 4.69) is 77.1 Å². The average Bonchev–Trinajstić information content (AvgIpc) is 2.41. The number of hydrogen-bond acceptors (Lipinski definition) is 2. The van der Waals surface area contributed by atoms with Gasteiger partial charge in [0, 0.05) is 22.7 Å². The summed E-state index contributed by atoms with van der Waals surface area (Å²) in [5.74, 6) is 0. The van der Waals surface area contributed by atoms with Crippen molar-refractivity contribution in [2.45, 2.75) is 26.8 Å². The molecule has 0 amide bonds. The number of halogens is 1. The summed E-state index contributed by atoms with van der Waals surface area (Å²) in [6.45, 7) is 7.19. The van der Waals surface area contributed by atoms with Crippen LogP contribution in [0.25, 0.3) is 0 Å². The second kappa shape index (κ2) is 6.42. The number of benzene rings is 2. The van der Waals surface area contributed by atoms with E-state index in [-0.39, 0.29) is 6.04 Å². The molecule has 0 aromatic heterocycles. The van der Waals surface area contributed by atoms with E-state index in [1.54, 1.807) is 0 Å². The van der Waals surface area contributed by atoms with Gasteiger partial charge in [0.05, 0.1) is 5.69 Å². The molecule has 0 aliphatic heterocycles. The Hall–Kier alpha value is -1.32. The quantitative estimate of drug-likeness (QED) is 0.859. The highest BCUT2D eigenvalue weighted by molar-refractivity contribution is 9.10. The lowest BCUT2D eigenvalue weighted by atomic mass is 10.1. The first kappa shape index (κ1) is 15.1. The van der Waals surface area contributed by atoms with Gasteiger partial charge in [0.1, 0.15) is 0 Å². The minimum absolute atomic E-state index is 0.0504. The average molecular weight is 333 g/mol. The van der Waals surface area contributed by atoms with E-state index in [4.69, 9.17) is 5.73 Å². The standard InChI is InChI=1S/C17H21BrN2/c1-4-20(15-7-5-6-12(2)10-15)17-9-8-14(13(3)19)11-16(17)18/h5-11,13H,4,19H2,1-3H3/t13-/m0/s1. The van der Waals surface area contributed by atoms with Crippen LogP contribution in [-0.2, 0) is 0 Å². The largest absolute Gasteiger partial charge is 0.341 e. The summed E-state index contributed by atoms with van der Waals surface area (Å²) < 4.78 is 1.08. The van der Waals surface area contributed by atoms with E-state index < -0.39 is 0 Å². The van der Waals surface area contributed by atoms with E-state index >= 15 is 0 Å². The zero-order valence-corrected chi connectivity index (χ0v) is 13.8. The summed E-state index contributed by atoms with van der Waals surface area (Å²) in [7, 11) is 0. The molecule has 2 N–H and O–H groups in total. The van der Waals surface area contributed by atoms with Crippen LogP contribution in [0.15, 0.2) is 46.9 Å². The number of anilines is 2. The smallest absolute Gasteiger partial charge is 0.0555 e. The molecule has 3 heteroatoms. The highest BCUT2D eigenvalue weighted by Crippen LogP contribution is 2.33. The van der Waals surface area contributed by atoms with Gasteiger partial charge in [-0.05, 0) is 72.1 Å². The van der Waals surface area contributed by atoms with Crippen molar-refractivity contribution in [2.24, 2.45) is 5.73 Å². The molecule has 0 fully saturated rings. The molecule has 2 aromatic rings. The first-order valence-electron chi connectivity index (χ1n) is 6.92. The molecule has 0 unspecified atom stereocenters. The molecule has 0 bridgehead atoms. The predicted octanol–water partition coefficient (Wildman–Crippen LogP) is 4.94. The summed E-state index contributed by atoms with van der Waals surface area (Å²) in [4.78, 5) is 2.29. The van der Waals surface area contributed by atoms with Crippen molar-refractivity contribution < 1.29 is 0 Å². The van der Waals surface area contributed by atoms with Crippen LogP contribution in [0.1, 0.15) is 31.0 Å². The Morgan fingerprint density at radius 3 is 2.50 bits per heavy atom. The molecule has 106 valence electrons. The molecule has 0 saturated carbocycles. The third-order valence-electron chi connectivity index (χ3n) is 3.42. The molecule has 2 rings (SSSR count). The van der Waals surface area contributed by atoms with Crippen molar-refractivity contribution in [3.05, 3.63) is 58.1 Å². The molecule has 2 nitrogen and oxygen atoms in total. The normalized spacial score (nSPS) is 12.2. The molecule has 0 radical (unpaired) electrons. The van der Waals surface area contributed by atoms with Gasteiger partial charge in [0.2, 0.25) is 0 Å². The maximum atomic E-state index is 5.94. The van der Waals surface area contributed by atoms with Crippen LogP contribution >= 0.6 is 15.9 Å². The van der Waals surface area contributed by atoms with E-state index in [9.17, 15) is 0 Å². The monoisotopic (exact) mass is 332 g/mol. The molecule has 0 heterocycles. The Morgan fingerprint density at radius 1 is 1.20 bits per heavy atom. The molecule has 1 atom stereocenters. The minimum Gasteiger partial charge on any atom is -0.341 e. The lowest BCUT2D eigenvalue weighted by Crippen LogP contribution is -2.17. The Balaban J connectivity index is 2.42. The van der Waals surface area contributed by atoms with Gasteiger partial charge >= 0.3 is 0 Å². The van der Waals surface area contributed by atoms with Crippen molar-refractivity contribution in [2.75, 3.05) is 11.4 Å². The second-order valence-corrected chi connectivity index (χ2v) is 5.94. The molecule has 20 heavy (non-hydrogen) atoms. The van der Waals surface area contributed by atoms with Crippen molar-refractivity contribution in [3.63, 3.8) is 0 Å². The Morgan fingerprint density at radius 2 is 1.95 bits per heavy atom. The molecule has 2 aromatic carbocycles. The summed E-state index contributed by atoms with van der Waals surface area (Å²) in [6.07, 6.45) is 0. The lowest BCUT2D eigenvalue weighted by Gasteiger charge is -2.25. The fourth-order valence-electron chi connectivity index (χ4n) is 2.31. The first-order valence-corrected chi connectivity index (χ1v) is 7.71. The third kappa shape index (κ3) is 3.22. The molecule has 0 saturated heterocycles. The summed E-state index contributed by atoms with van der Waals surface area (Å²) in [6, 6.07) is 15.0. The van der Waals surface area contributed by atoms with E-state index in [1.165, 1.54) is 16.9 Å². The third-order valence-corrected chi connectivity index (χ3v) is 4.05. The number of aryl methyl sites for hydroxylation is 1. The van der Waals surface area contributed by atoms with Gasteiger partial charge in [-0.2, -0.15) is 0 Å². The van der Waals surface area contributed by atoms with E-state index in [1.807, 2.05) is 6.92 Å². The highest BCUT2D eigenvalue weighted by Gasteiger charge is 2.12. The molecule has 0 aliphatic rings. The maximum absolute atomic E-state index is 5.94. The zero-order chi connectivity index (χ0) is 14.7. The van der Waals surface area contributed by atoms with Crippen molar-refractivity contribution >= 4 is 27.3 Å². The van der Waals surface area contributed by atoms with Crippen LogP contribution in [0.4, 0.5) is 11.4 Å². The molecule has 0 aliphatic carbocycles. The zero-order valence-electron chi connectivity index (χ0n) is 12.2. The molecule has 0 spiro atoms. The summed E-state index contributed by atoms with van der Waals surface area (Å²) >= 11 is 3.68. The van der Waals surface area contributed by atoms with Gasteiger partial charge in [-0.3, -0.25) is 0 Å². The lowest BCUT2D eigenvalue weighted by molar-refractivity contribution is 0.817. The SMILES string of the molecule is CCN(c1cccc(C)c1)c1ccc([C@H](C)N)cc1Br. The highest BCUT2D eigenvalue weighted by atomic mass is 79.9.